The van der Waals surface area contributed by atoms with E-state index in [1.807, 2.05) is 6.07 Å². The minimum atomic E-state index is -3.50. The Morgan fingerprint density at radius 1 is 1.25 bits per heavy atom. The highest BCUT2D eigenvalue weighted by Crippen LogP contribution is 2.21. The third kappa shape index (κ3) is 3.29. The summed E-state index contributed by atoms with van der Waals surface area (Å²) in [5.41, 5.74) is 0.467. The first-order chi connectivity index (χ1) is 9.56. The first-order valence-electron chi connectivity index (χ1n) is 6.34. The molecule has 0 aromatic carbocycles. The summed E-state index contributed by atoms with van der Waals surface area (Å²) in [6, 6.07) is 6.83. The number of sulfonamides is 1. The second-order valence-electron chi connectivity index (χ2n) is 4.11. The second-order valence-corrected chi connectivity index (χ2v) is 6.97. The van der Waals surface area contributed by atoms with Crippen molar-refractivity contribution >= 4 is 32.9 Å². The van der Waals surface area contributed by atoms with E-state index in [9.17, 15) is 8.42 Å². The summed E-state index contributed by atoms with van der Waals surface area (Å²) in [4.78, 5) is 6.38. The van der Waals surface area contributed by atoms with Crippen LogP contribution in [0.15, 0.2) is 40.1 Å². The molecule has 0 aliphatic rings. The summed E-state index contributed by atoms with van der Waals surface area (Å²) in [5, 5.41) is 1.73. The van der Waals surface area contributed by atoms with Crippen LogP contribution in [0.3, 0.4) is 0 Å². The molecule has 0 saturated carbocycles. The van der Waals surface area contributed by atoms with Gasteiger partial charge in [0.1, 0.15) is 10.0 Å². The van der Waals surface area contributed by atoms with Crippen LogP contribution in [-0.4, -0.2) is 26.5 Å². The van der Waals surface area contributed by atoms with Crippen LogP contribution >= 0.6 is 11.3 Å². The van der Waals surface area contributed by atoms with Gasteiger partial charge in [0.2, 0.25) is 0 Å². The standard InChI is InChI=1S/C13H17N3O2S2/c1-3-16(4-2)12-8-7-11(10-14-12)15-20(17,18)13-6-5-9-19-13/h5-10,15H,3-4H2,1-2H3. The topological polar surface area (TPSA) is 62.3 Å². The molecule has 0 saturated heterocycles. The Hall–Kier alpha value is -1.60. The summed E-state index contributed by atoms with van der Waals surface area (Å²) >= 11 is 1.19. The van der Waals surface area contributed by atoms with E-state index >= 15 is 0 Å². The molecule has 2 heterocycles. The Morgan fingerprint density at radius 3 is 2.50 bits per heavy atom. The van der Waals surface area contributed by atoms with Crippen LogP contribution in [-0.2, 0) is 10.0 Å². The van der Waals surface area contributed by atoms with Gasteiger partial charge in [-0.15, -0.1) is 11.3 Å². The lowest BCUT2D eigenvalue weighted by molar-refractivity contribution is 0.603. The lowest BCUT2D eigenvalue weighted by atomic mass is 10.4. The van der Waals surface area contributed by atoms with Crippen molar-refractivity contribution in [2.24, 2.45) is 0 Å². The number of nitrogens with zero attached hydrogens (tertiary/aromatic N) is 2. The van der Waals surface area contributed by atoms with Crippen LogP contribution < -0.4 is 9.62 Å². The minimum Gasteiger partial charge on any atom is -0.357 e. The van der Waals surface area contributed by atoms with E-state index in [1.165, 1.54) is 11.3 Å². The quantitative estimate of drug-likeness (QED) is 0.891. The Labute approximate surface area is 123 Å². The highest BCUT2D eigenvalue weighted by Gasteiger charge is 2.15. The van der Waals surface area contributed by atoms with Crippen molar-refractivity contribution in [2.45, 2.75) is 18.1 Å². The third-order valence-electron chi connectivity index (χ3n) is 2.85. The van der Waals surface area contributed by atoms with Crippen molar-refractivity contribution < 1.29 is 8.42 Å². The van der Waals surface area contributed by atoms with Gasteiger partial charge in [0.15, 0.2) is 0 Å². The molecule has 108 valence electrons. The van der Waals surface area contributed by atoms with Crippen molar-refractivity contribution in [1.82, 2.24) is 4.98 Å². The molecule has 20 heavy (non-hydrogen) atoms. The van der Waals surface area contributed by atoms with E-state index in [0.29, 0.717) is 9.90 Å². The number of hydrogen-bond donors (Lipinski definition) is 1. The van der Waals surface area contributed by atoms with E-state index in [0.717, 1.165) is 18.9 Å². The summed E-state index contributed by atoms with van der Waals surface area (Å²) in [7, 11) is -3.50. The Balaban J connectivity index is 2.15. The van der Waals surface area contributed by atoms with E-state index in [4.69, 9.17) is 0 Å². The van der Waals surface area contributed by atoms with Crippen molar-refractivity contribution in [3.8, 4) is 0 Å². The molecule has 0 amide bonds. The summed E-state index contributed by atoms with van der Waals surface area (Å²) in [5.74, 6) is 0.842. The average molecular weight is 311 g/mol. The van der Waals surface area contributed by atoms with E-state index < -0.39 is 10.0 Å². The van der Waals surface area contributed by atoms with Gasteiger partial charge in [0.25, 0.3) is 10.0 Å². The maximum Gasteiger partial charge on any atom is 0.271 e. The number of aromatic nitrogens is 1. The summed E-state index contributed by atoms with van der Waals surface area (Å²) in [6.45, 7) is 5.84. The SMILES string of the molecule is CCN(CC)c1ccc(NS(=O)(=O)c2cccs2)cn1. The molecule has 2 rings (SSSR count). The van der Waals surface area contributed by atoms with Gasteiger partial charge < -0.3 is 4.90 Å². The van der Waals surface area contributed by atoms with E-state index in [2.05, 4.69) is 28.5 Å². The van der Waals surface area contributed by atoms with Gasteiger partial charge in [-0.05, 0) is 37.4 Å². The second kappa shape index (κ2) is 6.23. The molecular weight excluding hydrogens is 294 g/mol. The zero-order chi connectivity index (χ0) is 14.6. The Morgan fingerprint density at radius 2 is 2.00 bits per heavy atom. The van der Waals surface area contributed by atoms with Gasteiger partial charge in [-0.2, -0.15) is 0 Å². The smallest absolute Gasteiger partial charge is 0.271 e. The molecule has 0 unspecified atom stereocenters. The molecule has 2 aromatic rings. The third-order valence-corrected chi connectivity index (χ3v) is 5.63. The molecule has 2 aromatic heterocycles. The van der Waals surface area contributed by atoms with Crippen LogP contribution in [0.1, 0.15) is 13.8 Å². The fourth-order valence-corrected chi connectivity index (χ4v) is 3.84. The fraction of sp³-hybridized carbons (Fsp3) is 0.308. The Bertz CT molecular complexity index is 633. The van der Waals surface area contributed by atoms with Crippen LogP contribution in [0, 0.1) is 0 Å². The highest BCUT2D eigenvalue weighted by atomic mass is 32.2. The minimum absolute atomic E-state index is 0.297. The molecule has 0 atom stereocenters. The van der Waals surface area contributed by atoms with Gasteiger partial charge in [0.05, 0.1) is 11.9 Å². The van der Waals surface area contributed by atoms with Crippen LogP contribution in [0.5, 0.6) is 0 Å². The Kier molecular flexibility index (Phi) is 4.61. The zero-order valence-electron chi connectivity index (χ0n) is 11.4. The van der Waals surface area contributed by atoms with Crippen molar-refractivity contribution in [3.63, 3.8) is 0 Å². The van der Waals surface area contributed by atoms with Crippen molar-refractivity contribution in [3.05, 3.63) is 35.8 Å². The molecular formula is C13H17N3O2S2. The molecule has 0 aliphatic carbocycles. The maximum atomic E-state index is 12.1. The monoisotopic (exact) mass is 311 g/mol. The van der Waals surface area contributed by atoms with E-state index in [-0.39, 0.29) is 0 Å². The van der Waals surface area contributed by atoms with E-state index in [1.54, 1.807) is 29.8 Å². The summed E-state index contributed by atoms with van der Waals surface area (Å²) in [6.07, 6.45) is 1.54. The van der Waals surface area contributed by atoms with Crippen molar-refractivity contribution in [2.75, 3.05) is 22.7 Å². The van der Waals surface area contributed by atoms with Gasteiger partial charge >= 0.3 is 0 Å². The lowest BCUT2D eigenvalue weighted by Gasteiger charge is -2.19. The molecule has 0 bridgehead atoms. The van der Waals surface area contributed by atoms with Crippen molar-refractivity contribution in [1.29, 1.82) is 0 Å². The number of nitrogens with one attached hydrogen (secondary N) is 1. The molecule has 0 spiro atoms. The molecule has 7 heteroatoms. The number of rotatable bonds is 6. The predicted molar refractivity (Wildman–Crippen MR) is 82.9 cm³/mol. The molecule has 0 fully saturated rings. The lowest BCUT2D eigenvalue weighted by Crippen LogP contribution is -2.22. The first-order valence-corrected chi connectivity index (χ1v) is 8.70. The van der Waals surface area contributed by atoms with Crippen LogP contribution in [0.25, 0.3) is 0 Å². The molecule has 5 nitrogen and oxygen atoms in total. The molecule has 0 radical (unpaired) electrons. The number of anilines is 2. The summed E-state index contributed by atoms with van der Waals surface area (Å²) < 4.78 is 26.9. The number of hydrogen-bond acceptors (Lipinski definition) is 5. The normalized spacial score (nSPS) is 11.3. The highest BCUT2D eigenvalue weighted by molar-refractivity contribution is 7.94. The first kappa shape index (κ1) is 14.8. The largest absolute Gasteiger partial charge is 0.357 e. The molecule has 0 aliphatic heterocycles. The fourth-order valence-electron chi connectivity index (χ4n) is 1.80. The molecule has 1 N–H and O–H groups in total. The number of pyridine rings is 1. The van der Waals surface area contributed by atoms with Gasteiger partial charge in [0, 0.05) is 13.1 Å². The zero-order valence-corrected chi connectivity index (χ0v) is 13.0. The van der Waals surface area contributed by atoms with Gasteiger partial charge in [-0.25, -0.2) is 13.4 Å². The predicted octanol–water partition coefficient (Wildman–Crippen LogP) is 2.79. The number of thiophene rings is 1. The van der Waals surface area contributed by atoms with Gasteiger partial charge in [-0.1, -0.05) is 6.07 Å². The van der Waals surface area contributed by atoms with Crippen LogP contribution in [0.2, 0.25) is 0 Å². The van der Waals surface area contributed by atoms with Gasteiger partial charge in [-0.3, -0.25) is 4.72 Å². The average Bonchev–Trinajstić information content (AvgIpc) is 2.96. The maximum absolute atomic E-state index is 12.1. The van der Waals surface area contributed by atoms with Crippen LogP contribution in [0.4, 0.5) is 11.5 Å².